The lowest BCUT2D eigenvalue weighted by atomic mass is 9.92. The molecule has 1 aliphatic rings. The highest BCUT2D eigenvalue weighted by Gasteiger charge is 2.30. The van der Waals surface area contributed by atoms with Gasteiger partial charge in [0.05, 0.1) is 16.5 Å². The fourth-order valence-electron chi connectivity index (χ4n) is 2.37. The quantitative estimate of drug-likeness (QED) is 0.893. The molecule has 0 spiro atoms. The first-order chi connectivity index (χ1) is 9.22. The molecule has 1 aromatic carbocycles. The van der Waals surface area contributed by atoms with E-state index >= 15 is 0 Å². The summed E-state index contributed by atoms with van der Waals surface area (Å²) in [5.41, 5.74) is 1.49. The Morgan fingerprint density at radius 1 is 1.20 bits per heavy atom. The number of aryl methyl sites for hydroxylation is 2. The van der Waals surface area contributed by atoms with E-state index < -0.39 is 21.7 Å². The number of aliphatic hydroxyl groups is 1. The van der Waals surface area contributed by atoms with Gasteiger partial charge in [-0.05, 0) is 69.7 Å². The van der Waals surface area contributed by atoms with Gasteiger partial charge in [0.1, 0.15) is 0 Å². The lowest BCUT2D eigenvalue weighted by molar-refractivity contribution is 0.111. The third-order valence-corrected chi connectivity index (χ3v) is 5.74. The van der Waals surface area contributed by atoms with Crippen molar-refractivity contribution in [3.63, 3.8) is 0 Å². The van der Waals surface area contributed by atoms with Gasteiger partial charge in [-0.25, -0.2) is 13.1 Å². The predicted octanol–water partition coefficient (Wildman–Crippen LogP) is 2.00. The Bertz CT molecular complexity index is 591. The van der Waals surface area contributed by atoms with Gasteiger partial charge in [-0.1, -0.05) is 6.07 Å². The minimum atomic E-state index is -3.61. The van der Waals surface area contributed by atoms with Crippen LogP contribution in [-0.4, -0.2) is 25.2 Å². The van der Waals surface area contributed by atoms with Crippen molar-refractivity contribution in [1.82, 2.24) is 4.72 Å². The normalized spacial score (nSPS) is 17.6. The molecule has 0 bridgehead atoms. The zero-order valence-electron chi connectivity index (χ0n) is 12.3. The molecule has 2 N–H and O–H groups in total. The Hall–Kier alpha value is -0.910. The van der Waals surface area contributed by atoms with Gasteiger partial charge in [0.15, 0.2) is 0 Å². The number of benzene rings is 1. The van der Waals surface area contributed by atoms with Crippen LogP contribution < -0.4 is 4.72 Å². The van der Waals surface area contributed by atoms with Gasteiger partial charge in [-0.2, -0.15) is 0 Å². The van der Waals surface area contributed by atoms with Gasteiger partial charge in [-0.15, -0.1) is 0 Å². The van der Waals surface area contributed by atoms with Gasteiger partial charge in [-0.3, -0.25) is 0 Å². The van der Waals surface area contributed by atoms with E-state index in [1.807, 2.05) is 6.07 Å². The Labute approximate surface area is 121 Å². The maximum absolute atomic E-state index is 12.4. The Morgan fingerprint density at radius 3 is 2.40 bits per heavy atom. The lowest BCUT2D eigenvalue weighted by Gasteiger charge is -2.29. The Kier molecular flexibility index (Phi) is 4.23. The van der Waals surface area contributed by atoms with Crippen LogP contribution in [-0.2, 0) is 22.9 Å². The fourth-order valence-corrected chi connectivity index (χ4v) is 3.89. The second-order valence-corrected chi connectivity index (χ2v) is 7.82. The van der Waals surface area contributed by atoms with Crippen molar-refractivity contribution in [2.45, 2.75) is 63.0 Å². The topological polar surface area (TPSA) is 66.4 Å². The van der Waals surface area contributed by atoms with Gasteiger partial charge in [0.2, 0.25) is 10.0 Å². The third-order valence-electron chi connectivity index (χ3n) is 4.07. The Morgan fingerprint density at radius 2 is 1.80 bits per heavy atom. The first-order valence-corrected chi connectivity index (χ1v) is 8.54. The van der Waals surface area contributed by atoms with Crippen LogP contribution in [0.3, 0.4) is 0 Å². The highest BCUT2D eigenvalue weighted by molar-refractivity contribution is 7.89. The zero-order valence-corrected chi connectivity index (χ0v) is 13.1. The molecule has 20 heavy (non-hydrogen) atoms. The van der Waals surface area contributed by atoms with E-state index in [4.69, 9.17) is 0 Å². The number of rotatable bonds is 4. The van der Waals surface area contributed by atoms with Gasteiger partial charge >= 0.3 is 0 Å². The highest BCUT2D eigenvalue weighted by atomic mass is 32.2. The van der Waals surface area contributed by atoms with E-state index in [2.05, 4.69) is 4.72 Å². The molecular formula is C15H23NO3S. The standard InChI is InChI=1S/C15H23NO3S/c1-11(17)15(2,3)16-20(18,19)14-9-8-12-6-4-5-7-13(12)10-14/h8-11,16-17H,4-7H2,1-3H3. The molecule has 2 rings (SSSR count). The van der Waals surface area contributed by atoms with Gasteiger partial charge < -0.3 is 5.11 Å². The summed E-state index contributed by atoms with van der Waals surface area (Å²) >= 11 is 0. The molecule has 1 aromatic rings. The second-order valence-electron chi connectivity index (χ2n) is 6.14. The maximum atomic E-state index is 12.4. The van der Waals surface area contributed by atoms with Gasteiger partial charge in [0, 0.05) is 0 Å². The van der Waals surface area contributed by atoms with Crippen LogP contribution in [0.2, 0.25) is 0 Å². The molecule has 0 radical (unpaired) electrons. The summed E-state index contributed by atoms with van der Waals surface area (Å²) < 4.78 is 27.4. The molecule has 0 aromatic heterocycles. The van der Waals surface area contributed by atoms with Crippen molar-refractivity contribution >= 4 is 10.0 Å². The number of hydrogen-bond donors (Lipinski definition) is 2. The van der Waals surface area contributed by atoms with Crippen molar-refractivity contribution in [2.24, 2.45) is 0 Å². The van der Waals surface area contributed by atoms with E-state index in [0.717, 1.165) is 24.8 Å². The molecule has 1 unspecified atom stereocenters. The van der Waals surface area contributed by atoms with Crippen molar-refractivity contribution in [3.8, 4) is 0 Å². The summed E-state index contributed by atoms with van der Waals surface area (Å²) in [5.74, 6) is 0. The van der Waals surface area contributed by atoms with E-state index in [0.29, 0.717) is 0 Å². The number of aliphatic hydroxyl groups excluding tert-OH is 1. The first-order valence-electron chi connectivity index (χ1n) is 7.06. The van der Waals surface area contributed by atoms with E-state index in [-0.39, 0.29) is 4.90 Å². The number of fused-ring (bicyclic) bond motifs is 1. The summed E-state index contributed by atoms with van der Waals surface area (Å²) in [7, 11) is -3.61. The molecule has 0 fully saturated rings. The monoisotopic (exact) mass is 297 g/mol. The molecule has 0 saturated carbocycles. The largest absolute Gasteiger partial charge is 0.391 e. The SMILES string of the molecule is CC(O)C(C)(C)NS(=O)(=O)c1ccc2c(c1)CCCC2. The minimum absolute atomic E-state index is 0.284. The molecule has 0 amide bonds. The summed E-state index contributed by atoms with van der Waals surface area (Å²) in [6.07, 6.45) is 3.49. The zero-order chi connectivity index (χ0) is 15.0. The average molecular weight is 297 g/mol. The predicted molar refractivity (Wildman–Crippen MR) is 79.2 cm³/mol. The summed E-state index contributed by atoms with van der Waals surface area (Å²) in [5, 5.41) is 9.66. The lowest BCUT2D eigenvalue weighted by Crippen LogP contribution is -2.50. The van der Waals surface area contributed by atoms with Crippen LogP contribution >= 0.6 is 0 Å². The van der Waals surface area contributed by atoms with Crippen LogP contribution in [0.15, 0.2) is 23.1 Å². The average Bonchev–Trinajstić information content (AvgIpc) is 2.36. The van der Waals surface area contributed by atoms with Crippen molar-refractivity contribution in [2.75, 3.05) is 0 Å². The molecule has 1 aliphatic carbocycles. The Balaban J connectivity index is 2.30. The molecule has 0 heterocycles. The van der Waals surface area contributed by atoms with Crippen molar-refractivity contribution in [3.05, 3.63) is 29.3 Å². The molecule has 4 nitrogen and oxygen atoms in total. The van der Waals surface area contributed by atoms with Crippen LogP contribution in [0.4, 0.5) is 0 Å². The van der Waals surface area contributed by atoms with Gasteiger partial charge in [0.25, 0.3) is 0 Å². The second kappa shape index (κ2) is 5.47. The fraction of sp³-hybridized carbons (Fsp3) is 0.600. The summed E-state index contributed by atoms with van der Waals surface area (Å²) in [6.45, 7) is 4.93. The molecule has 5 heteroatoms. The number of hydrogen-bond acceptors (Lipinski definition) is 3. The number of nitrogens with one attached hydrogen (secondary N) is 1. The maximum Gasteiger partial charge on any atom is 0.241 e. The minimum Gasteiger partial charge on any atom is -0.391 e. The molecule has 112 valence electrons. The third kappa shape index (κ3) is 3.22. The van der Waals surface area contributed by atoms with E-state index in [1.54, 1.807) is 32.9 Å². The molecule has 0 saturated heterocycles. The first kappa shape index (κ1) is 15.5. The molecule has 1 atom stereocenters. The van der Waals surface area contributed by atoms with E-state index in [9.17, 15) is 13.5 Å². The van der Waals surface area contributed by atoms with E-state index in [1.165, 1.54) is 12.0 Å². The van der Waals surface area contributed by atoms with Crippen molar-refractivity contribution < 1.29 is 13.5 Å². The van der Waals surface area contributed by atoms with Crippen LogP contribution in [0.25, 0.3) is 0 Å². The van der Waals surface area contributed by atoms with Crippen LogP contribution in [0.1, 0.15) is 44.7 Å². The summed E-state index contributed by atoms with van der Waals surface area (Å²) in [6, 6.07) is 5.35. The highest BCUT2D eigenvalue weighted by Crippen LogP contribution is 2.25. The van der Waals surface area contributed by atoms with Crippen molar-refractivity contribution in [1.29, 1.82) is 0 Å². The smallest absolute Gasteiger partial charge is 0.241 e. The van der Waals surface area contributed by atoms with Crippen LogP contribution in [0.5, 0.6) is 0 Å². The summed E-state index contributed by atoms with van der Waals surface area (Å²) in [4.78, 5) is 0.284. The molecule has 0 aliphatic heterocycles. The number of sulfonamides is 1. The van der Waals surface area contributed by atoms with Crippen LogP contribution in [0, 0.1) is 0 Å². The molecular weight excluding hydrogens is 274 g/mol.